The van der Waals surface area contributed by atoms with Crippen LogP contribution in [0.25, 0.3) is 0 Å². The van der Waals surface area contributed by atoms with Crippen molar-refractivity contribution in [2.75, 3.05) is 10.6 Å². The van der Waals surface area contributed by atoms with E-state index in [1.54, 1.807) is 50.9 Å². The molecule has 4 N–H and O–H groups in total. The van der Waals surface area contributed by atoms with Gasteiger partial charge in [-0.1, -0.05) is 61.3 Å². The van der Waals surface area contributed by atoms with E-state index in [9.17, 15) is 22.4 Å². The lowest BCUT2D eigenvalue weighted by Crippen LogP contribution is -3.10. The van der Waals surface area contributed by atoms with Crippen LogP contribution in [0.15, 0.2) is 78.6 Å². The third-order valence-electron chi connectivity index (χ3n) is 6.62. The van der Waals surface area contributed by atoms with E-state index in [1.807, 2.05) is 24.3 Å². The second kappa shape index (κ2) is 12.1. The molecule has 0 fully saturated rings. The van der Waals surface area contributed by atoms with Crippen molar-refractivity contribution in [2.45, 2.75) is 25.9 Å². The van der Waals surface area contributed by atoms with Crippen molar-refractivity contribution in [3.8, 4) is 0 Å². The molecule has 0 radical (unpaired) electrons. The Hall–Kier alpha value is -3.57. The zero-order valence-corrected chi connectivity index (χ0v) is 24.8. The Morgan fingerprint density at radius 3 is 1.93 bits per heavy atom. The average Bonchev–Trinajstić information content (AvgIpc) is 2.87. The molecule has 8 nitrogen and oxygen atoms in total. The first-order chi connectivity index (χ1) is 19.3. The number of carbonyl (C=O) groups excluding carboxylic acids is 2. The van der Waals surface area contributed by atoms with Gasteiger partial charge in [-0.3, -0.25) is 13.9 Å². The summed E-state index contributed by atoms with van der Waals surface area (Å²) in [5, 5.41) is 3.60. The first-order valence-corrected chi connectivity index (χ1v) is 15.2. The Morgan fingerprint density at radius 1 is 0.976 bits per heavy atom. The van der Waals surface area contributed by atoms with Crippen LogP contribution in [0, 0.1) is 18.3 Å². The van der Waals surface area contributed by atoms with Crippen molar-refractivity contribution in [2.24, 2.45) is 11.7 Å². The Kier molecular flexibility index (Phi) is 8.98. The van der Waals surface area contributed by atoms with Gasteiger partial charge < -0.3 is 16.0 Å². The van der Waals surface area contributed by atoms with Crippen LogP contribution in [-0.2, 0) is 14.8 Å². The highest BCUT2D eigenvalue weighted by Crippen LogP contribution is 2.30. The first kappa shape index (κ1) is 30.4. The summed E-state index contributed by atoms with van der Waals surface area (Å²) in [5.41, 5.74) is 7.19. The molecule has 4 rings (SSSR count). The summed E-state index contributed by atoms with van der Waals surface area (Å²) in [4.78, 5) is 25.5. The van der Waals surface area contributed by atoms with E-state index in [0.29, 0.717) is 15.7 Å². The molecule has 1 unspecified atom stereocenters. The molecule has 0 aromatic heterocycles. The van der Waals surface area contributed by atoms with Crippen LogP contribution in [0.5, 0.6) is 0 Å². The van der Waals surface area contributed by atoms with Crippen molar-refractivity contribution in [3.63, 3.8) is 0 Å². The van der Waals surface area contributed by atoms with Crippen LogP contribution in [-0.4, -0.2) is 32.5 Å². The van der Waals surface area contributed by atoms with Crippen molar-refractivity contribution in [1.82, 2.24) is 5.32 Å². The molecule has 2 amide bonds. The molecule has 0 saturated heterocycles. The van der Waals surface area contributed by atoms with E-state index in [1.165, 1.54) is 6.07 Å². The summed E-state index contributed by atoms with van der Waals surface area (Å²) >= 11 is 12.2. The third-order valence-corrected chi connectivity index (χ3v) is 8.21. The molecule has 216 valence electrons. The summed E-state index contributed by atoms with van der Waals surface area (Å²) in [6.45, 7) is 5.09. The highest BCUT2D eigenvalue weighted by Gasteiger charge is 2.32. The monoisotopic (exact) mass is 618 g/mol. The Morgan fingerprint density at radius 2 is 1.49 bits per heavy atom. The minimum Gasteiger partial charge on any atom is -0.412 e. The van der Waals surface area contributed by atoms with Gasteiger partial charge in [-0.15, -0.1) is 0 Å². The molecule has 1 heterocycles. The molecule has 3 aromatic carbocycles. The molecule has 1 aliphatic heterocycles. The number of nitrogens with zero attached hydrogens (tertiary/aromatic N) is 1. The predicted molar refractivity (Wildman–Crippen MR) is 157 cm³/mol. The number of rotatable bonds is 10. The summed E-state index contributed by atoms with van der Waals surface area (Å²) in [7, 11) is -3.92. The fraction of sp³-hybridized carbons (Fsp3) is 0.207. The van der Waals surface area contributed by atoms with Gasteiger partial charge in [0.15, 0.2) is 0 Å². The van der Waals surface area contributed by atoms with Gasteiger partial charge in [0.1, 0.15) is 17.9 Å². The number of primary amides is 1. The molecular weight excluding hydrogens is 590 g/mol. The molecule has 1 aliphatic rings. The zero-order chi connectivity index (χ0) is 30.1. The maximum absolute atomic E-state index is 14.7. The topological polar surface area (TPSA) is 114 Å². The number of carbonyl (C=O) groups is 2. The second-order valence-electron chi connectivity index (χ2n) is 10.0. The lowest BCUT2D eigenvalue weighted by molar-refractivity contribution is -0.856. The van der Waals surface area contributed by atoms with Crippen molar-refractivity contribution in [1.29, 1.82) is 0 Å². The molecule has 0 saturated carbocycles. The van der Waals surface area contributed by atoms with E-state index in [0.717, 1.165) is 38.7 Å². The van der Waals surface area contributed by atoms with E-state index in [-0.39, 0.29) is 17.6 Å². The number of anilines is 1. The van der Waals surface area contributed by atoms with Gasteiger partial charge in [0.2, 0.25) is 15.9 Å². The van der Waals surface area contributed by atoms with E-state index >= 15 is 0 Å². The lowest BCUT2D eigenvalue weighted by Gasteiger charge is -2.45. The van der Waals surface area contributed by atoms with Gasteiger partial charge in [-0.2, -0.15) is 0 Å². The number of nitrogens with two attached hydrogens (primary N) is 1. The van der Waals surface area contributed by atoms with Crippen molar-refractivity contribution >= 4 is 50.7 Å². The van der Waals surface area contributed by atoms with Crippen LogP contribution in [0.1, 0.15) is 41.4 Å². The molecule has 2 atom stereocenters. The maximum Gasteiger partial charge on any atom is 0.254 e. The normalized spacial score (nSPS) is 15.5. The predicted octanol–water partition coefficient (Wildman–Crippen LogP) is 3.83. The number of sulfonamides is 1. The molecule has 41 heavy (non-hydrogen) atoms. The summed E-state index contributed by atoms with van der Waals surface area (Å²) in [5.74, 6) is -2.88. The SMILES string of the molecule is CC(C)[C@H](NC(=O)c1cc(N(C2=C[NH+](C(c3ccc(Cl)cc3)c3ccc(Cl)cc3)[CH-]2)S(C)(=O)=O)ccc1F)C(N)=O. The van der Waals surface area contributed by atoms with Crippen LogP contribution in [0.4, 0.5) is 10.1 Å². The number of hydrogen-bond donors (Lipinski definition) is 3. The van der Waals surface area contributed by atoms with Crippen LogP contribution >= 0.6 is 23.2 Å². The van der Waals surface area contributed by atoms with Gasteiger partial charge in [0.25, 0.3) is 5.91 Å². The molecule has 3 aromatic rings. The smallest absolute Gasteiger partial charge is 0.254 e. The lowest BCUT2D eigenvalue weighted by atomic mass is 9.95. The van der Waals surface area contributed by atoms with Crippen molar-refractivity contribution in [3.05, 3.63) is 118 Å². The van der Waals surface area contributed by atoms with Gasteiger partial charge in [0.05, 0.1) is 17.5 Å². The van der Waals surface area contributed by atoms with E-state index < -0.39 is 39.3 Å². The first-order valence-electron chi connectivity index (χ1n) is 12.6. The molecule has 0 bridgehead atoms. The zero-order valence-electron chi connectivity index (χ0n) is 22.4. The Bertz CT molecular complexity index is 1550. The molecule has 0 aliphatic carbocycles. The average molecular weight is 620 g/mol. The van der Waals surface area contributed by atoms with Gasteiger partial charge in [0, 0.05) is 21.2 Å². The van der Waals surface area contributed by atoms with Crippen LogP contribution < -0.4 is 20.3 Å². The Labute approximate surface area is 248 Å². The van der Waals surface area contributed by atoms with E-state index in [4.69, 9.17) is 28.9 Å². The van der Waals surface area contributed by atoms with E-state index in [2.05, 4.69) is 5.32 Å². The highest BCUT2D eigenvalue weighted by molar-refractivity contribution is 7.92. The van der Waals surface area contributed by atoms with Crippen LogP contribution in [0.3, 0.4) is 0 Å². The van der Waals surface area contributed by atoms with Gasteiger partial charge >= 0.3 is 0 Å². The van der Waals surface area contributed by atoms with Gasteiger partial charge in [-0.05, 0) is 66.8 Å². The minimum atomic E-state index is -3.92. The number of amides is 2. The number of hydrogen-bond acceptors (Lipinski definition) is 4. The number of benzene rings is 3. The summed E-state index contributed by atoms with van der Waals surface area (Å²) in [6.07, 6.45) is 2.74. The van der Waals surface area contributed by atoms with Crippen molar-refractivity contribution < 1.29 is 27.3 Å². The molecular formula is C29H29Cl2FN4O4S. The maximum atomic E-state index is 14.7. The number of nitrogens with one attached hydrogen (secondary N) is 2. The minimum absolute atomic E-state index is 0.0512. The van der Waals surface area contributed by atoms with Crippen LogP contribution in [0.2, 0.25) is 10.0 Å². The standard InChI is InChI=1S/C29H29Cl2FN4O4S/c1-17(2)26(28(33)37)34-29(38)24-14-22(12-13-25(24)32)36(41(3,39)40)23-15-35(16-23)27(18-4-8-20(30)9-5-18)19-6-10-21(31)11-7-19/h4-17,26-27,35H,1-3H3,(H2,33,37)(H,34,38)/t26-/m0/s1. The second-order valence-corrected chi connectivity index (χ2v) is 12.7. The fourth-order valence-electron chi connectivity index (χ4n) is 4.63. The summed E-state index contributed by atoms with van der Waals surface area (Å²) < 4.78 is 41.7. The Balaban J connectivity index is 1.69. The molecule has 12 heteroatoms. The van der Waals surface area contributed by atoms with Gasteiger partial charge in [-0.25, -0.2) is 12.8 Å². The fourth-order valence-corrected chi connectivity index (χ4v) is 5.87. The largest absolute Gasteiger partial charge is 0.412 e. The third kappa shape index (κ3) is 6.84. The number of halogens is 3. The summed E-state index contributed by atoms with van der Waals surface area (Å²) in [6, 6.07) is 16.8. The number of quaternary nitrogens is 1. The highest BCUT2D eigenvalue weighted by atomic mass is 35.5. The quantitative estimate of drug-likeness (QED) is 0.300. The molecule has 0 spiro atoms.